The van der Waals surface area contributed by atoms with Crippen LogP contribution in [0.25, 0.3) is 0 Å². The standard InChI is InChI=1S/C15H22N2O3/c1-16-8-5-11-6-9-17(10-7-11)15(20)14-12(18)3-2-4-13(14)19/h2-4,11,16,18-19H,5-10H2,1H3. The Morgan fingerprint density at radius 1 is 1.30 bits per heavy atom. The van der Waals surface area contributed by atoms with E-state index in [-0.39, 0.29) is 23.0 Å². The van der Waals surface area contributed by atoms with Gasteiger partial charge in [0, 0.05) is 13.1 Å². The molecule has 0 unspecified atom stereocenters. The SMILES string of the molecule is CNCCC1CCN(C(=O)c2c(O)cccc2O)CC1. The molecule has 1 aromatic rings. The fourth-order valence-electron chi connectivity index (χ4n) is 2.68. The van der Waals surface area contributed by atoms with Gasteiger partial charge in [0.2, 0.25) is 0 Å². The van der Waals surface area contributed by atoms with Crippen LogP contribution in [0, 0.1) is 5.92 Å². The van der Waals surface area contributed by atoms with E-state index in [9.17, 15) is 15.0 Å². The van der Waals surface area contributed by atoms with Crippen molar-refractivity contribution in [3.05, 3.63) is 23.8 Å². The van der Waals surface area contributed by atoms with Crippen LogP contribution in [0.15, 0.2) is 18.2 Å². The fourth-order valence-corrected chi connectivity index (χ4v) is 2.68. The normalized spacial score (nSPS) is 16.4. The first kappa shape index (κ1) is 14.7. The molecule has 2 rings (SSSR count). The van der Waals surface area contributed by atoms with Crippen molar-refractivity contribution < 1.29 is 15.0 Å². The Hall–Kier alpha value is -1.75. The predicted molar refractivity (Wildman–Crippen MR) is 76.9 cm³/mol. The second-order valence-corrected chi connectivity index (χ2v) is 5.30. The number of phenols is 2. The summed E-state index contributed by atoms with van der Waals surface area (Å²) in [5, 5.41) is 22.6. The minimum atomic E-state index is -0.285. The van der Waals surface area contributed by atoms with E-state index in [4.69, 9.17) is 0 Å². The monoisotopic (exact) mass is 278 g/mol. The maximum absolute atomic E-state index is 12.4. The highest BCUT2D eigenvalue weighted by molar-refractivity contribution is 5.99. The van der Waals surface area contributed by atoms with E-state index < -0.39 is 0 Å². The fraction of sp³-hybridized carbons (Fsp3) is 0.533. The Morgan fingerprint density at radius 3 is 2.45 bits per heavy atom. The van der Waals surface area contributed by atoms with E-state index in [2.05, 4.69) is 5.32 Å². The Balaban J connectivity index is 1.98. The molecule has 1 aromatic carbocycles. The molecule has 5 nitrogen and oxygen atoms in total. The number of phenolic OH excluding ortho intramolecular Hbond substituents is 2. The number of hydrogen-bond acceptors (Lipinski definition) is 4. The molecule has 0 saturated carbocycles. The van der Waals surface area contributed by atoms with Crippen molar-refractivity contribution in [3.63, 3.8) is 0 Å². The molecule has 1 aliphatic heterocycles. The summed E-state index contributed by atoms with van der Waals surface area (Å²) in [7, 11) is 1.94. The van der Waals surface area contributed by atoms with Crippen molar-refractivity contribution in [2.45, 2.75) is 19.3 Å². The van der Waals surface area contributed by atoms with Gasteiger partial charge in [-0.15, -0.1) is 0 Å². The van der Waals surface area contributed by atoms with Crippen molar-refractivity contribution in [1.82, 2.24) is 10.2 Å². The van der Waals surface area contributed by atoms with Gasteiger partial charge >= 0.3 is 0 Å². The Morgan fingerprint density at radius 2 is 1.90 bits per heavy atom. The van der Waals surface area contributed by atoms with Crippen LogP contribution >= 0.6 is 0 Å². The van der Waals surface area contributed by atoms with E-state index >= 15 is 0 Å². The Kier molecular flexibility index (Phi) is 4.84. The molecule has 110 valence electrons. The maximum atomic E-state index is 12.4. The Labute approximate surface area is 119 Å². The molecule has 1 fully saturated rings. The highest BCUT2D eigenvalue weighted by Crippen LogP contribution is 2.29. The summed E-state index contributed by atoms with van der Waals surface area (Å²) in [5.41, 5.74) is 0.0150. The summed E-state index contributed by atoms with van der Waals surface area (Å²) in [6.07, 6.45) is 3.07. The van der Waals surface area contributed by atoms with Crippen molar-refractivity contribution in [1.29, 1.82) is 0 Å². The van der Waals surface area contributed by atoms with Gasteiger partial charge < -0.3 is 20.4 Å². The summed E-state index contributed by atoms with van der Waals surface area (Å²) >= 11 is 0. The van der Waals surface area contributed by atoms with Crippen LogP contribution < -0.4 is 5.32 Å². The third-order valence-corrected chi connectivity index (χ3v) is 3.94. The minimum Gasteiger partial charge on any atom is -0.507 e. The summed E-state index contributed by atoms with van der Waals surface area (Å²) in [5.74, 6) is 0.0387. The molecule has 0 aromatic heterocycles. The first-order valence-electron chi connectivity index (χ1n) is 7.08. The maximum Gasteiger partial charge on any atom is 0.261 e. The molecule has 1 saturated heterocycles. The summed E-state index contributed by atoms with van der Waals surface area (Å²) < 4.78 is 0. The molecule has 0 bridgehead atoms. The smallest absolute Gasteiger partial charge is 0.261 e. The summed E-state index contributed by atoms with van der Waals surface area (Å²) in [6, 6.07) is 4.37. The van der Waals surface area contributed by atoms with Crippen LogP contribution in [0.2, 0.25) is 0 Å². The van der Waals surface area contributed by atoms with E-state index in [0.29, 0.717) is 19.0 Å². The number of benzene rings is 1. The first-order chi connectivity index (χ1) is 9.63. The lowest BCUT2D eigenvalue weighted by atomic mass is 9.93. The van der Waals surface area contributed by atoms with Crippen molar-refractivity contribution in [2.24, 2.45) is 5.92 Å². The molecule has 1 aliphatic rings. The molecule has 20 heavy (non-hydrogen) atoms. The molecule has 1 amide bonds. The Bertz CT molecular complexity index is 448. The van der Waals surface area contributed by atoms with Crippen molar-refractivity contribution in [2.75, 3.05) is 26.7 Å². The first-order valence-corrected chi connectivity index (χ1v) is 7.08. The largest absolute Gasteiger partial charge is 0.507 e. The summed E-state index contributed by atoms with van der Waals surface area (Å²) in [6.45, 7) is 2.36. The van der Waals surface area contributed by atoms with Gasteiger partial charge in [0.05, 0.1) is 0 Å². The lowest BCUT2D eigenvalue weighted by Crippen LogP contribution is -2.39. The predicted octanol–water partition coefficient (Wildman–Crippen LogP) is 1.56. The number of piperidine rings is 1. The van der Waals surface area contributed by atoms with E-state index in [0.717, 1.165) is 25.8 Å². The molecule has 0 radical (unpaired) electrons. The third-order valence-electron chi connectivity index (χ3n) is 3.94. The lowest BCUT2D eigenvalue weighted by molar-refractivity contribution is 0.0681. The average molecular weight is 278 g/mol. The van der Waals surface area contributed by atoms with Crippen LogP contribution in [-0.2, 0) is 0 Å². The number of hydrogen-bond donors (Lipinski definition) is 3. The zero-order valence-corrected chi connectivity index (χ0v) is 11.8. The van der Waals surface area contributed by atoms with Crippen molar-refractivity contribution >= 4 is 5.91 Å². The molecule has 0 aliphatic carbocycles. The topological polar surface area (TPSA) is 72.8 Å². The molecule has 0 atom stereocenters. The van der Waals surface area contributed by atoms with Gasteiger partial charge in [0.15, 0.2) is 0 Å². The number of carbonyl (C=O) groups excluding carboxylic acids is 1. The van der Waals surface area contributed by atoms with Gasteiger partial charge in [-0.3, -0.25) is 4.79 Å². The second-order valence-electron chi connectivity index (χ2n) is 5.30. The van der Waals surface area contributed by atoms with E-state index in [1.165, 1.54) is 18.2 Å². The number of carbonyl (C=O) groups is 1. The van der Waals surface area contributed by atoms with Crippen LogP contribution in [0.4, 0.5) is 0 Å². The third kappa shape index (κ3) is 3.22. The molecular weight excluding hydrogens is 256 g/mol. The molecule has 1 heterocycles. The number of nitrogens with zero attached hydrogens (tertiary/aromatic N) is 1. The minimum absolute atomic E-state index is 0.0150. The van der Waals surface area contributed by atoms with Gasteiger partial charge in [-0.25, -0.2) is 0 Å². The van der Waals surface area contributed by atoms with E-state index in [1.54, 1.807) is 4.90 Å². The molecule has 3 N–H and O–H groups in total. The highest BCUT2D eigenvalue weighted by atomic mass is 16.3. The van der Waals surface area contributed by atoms with Gasteiger partial charge in [-0.2, -0.15) is 0 Å². The van der Waals surface area contributed by atoms with Gasteiger partial charge in [0.25, 0.3) is 5.91 Å². The molecule has 5 heteroatoms. The van der Waals surface area contributed by atoms with Crippen LogP contribution in [0.3, 0.4) is 0 Å². The lowest BCUT2D eigenvalue weighted by Gasteiger charge is -2.32. The van der Waals surface area contributed by atoms with Gasteiger partial charge in [-0.05, 0) is 50.9 Å². The van der Waals surface area contributed by atoms with Crippen LogP contribution in [0.1, 0.15) is 29.6 Å². The number of amides is 1. The second kappa shape index (κ2) is 6.61. The van der Waals surface area contributed by atoms with Crippen molar-refractivity contribution in [3.8, 4) is 11.5 Å². The quantitative estimate of drug-likeness (QED) is 0.781. The molecular formula is C15H22N2O3. The number of rotatable bonds is 4. The van der Waals surface area contributed by atoms with Crippen LogP contribution in [0.5, 0.6) is 11.5 Å². The number of likely N-dealkylation sites (tertiary alicyclic amines) is 1. The van der Waals surface area contributed by atoms with Crippen LogP contribution in [-0.4, -0.2) is 47.7 Å². The summed E-state index contributed by atoms with van der Waals surface area (Å²) in [4.78, 5) is 14.1. The zero-order chi connectivity index (χ0) is 14.5. The zero-order valence-electron chi connectivity index (χ0n) is 11.8. The highest BCUT2D eigenvalue weighted by Gasteiger charge is 2.26. The van der Waals surface area contributed by atoms with Gasteiger partial charge in [-0.1, -0.05) is 6.07 Å². The average Bonchev–Trinajstić information content (AvgIpc) is 2.45. The van der Waals surface area contributed by atoms with E-state index in [1.807, 2.05) is 7.05 Å². The number of aromatic hydroxyl groups is 2. The molecule has 0 spiro atoms. The number of nitrogens with one attached hydrogen (secondary N) is 1. The van der Waals surface area contributed by atoms with Gasteiger partial charge in [0.1, 0.15) is 17.1 Å².